The number of unbranched alkanes of at least 4 members (excludes halogenated alkanes) is 1. The van der Waals surface area contributed by atoms with Crippen molar-refractivity contribution >= 4 is 74.6 Å². The number of phenolic OH excluding ortho intramolecular Hbond substituents is 1. The summed E-state index contributed by atoms with van der Waals surface area (Å²) in [4.78, 5) is 93.5. The molecule has 2 rings (SSSR count). The lowest BCUT2D eigenvalue weighted by Gasteiger charge is -2.23. The molecule has 1 fully saturated rings. The van der Waals surface area contributed by atoms with Gasteiger partial charge >= 0.3 is 0 Å². The fourth-order valence-corrected chi connectivity index (χ4v) is 8.39. The normalized spacial score (nSPS) is 18.0. The smallest absolute Gasteiger partial charge is 0.245 e. The minimum Gasteiger partial charge on any atom is -0.508 e. The number of carbonyl (C=O) groups excluding carboxylic acids is 7. The molecule has 1 aromatic carbocycles. The zero-order valence-electron chi connectivity index (χ0n) is 40.5. The summed E-state index contributed by atoms with van der Waals surface area (Å²) < 4.78 is 21.9. The van der Waals surface area contributed by atoms with Crippen LogP contribution in [-0.4, -0.2) is 173 Å². The summed E-state index contributed by atoms with van der Waals surface area (Å²) in [5.41, 5.74) is 17.7. The highest BCUT2D eigenvalue weighted by Gasteiger charge is 2.25. The monoisotopic (exact) mass is 1070 g/mol. The summed E-state index contributed by atoms with van der Waals surface area (Å²) in [6, 6.07) is 5.02. The number of carbonyl (C=O) groups is 7. The zero-order valence-corrected chi connectivity index (χ0v) is 42.9. The van der Waals surface area contributed by atoms with E-state index in [1.807, 2.05) is 0 Å². The summed E-state index contributed by atoms with van der Waals surface area (Å²) in [5, 5.41) is 25.0. The van der Waals surface area contributed by atoms with E-state index in [9.17, 15) is 38.7 Å². The molecule has 0 aliphatic carbocycles. The molecule has 1 saturated heterocycles. The third-order valence-electron chi connectivity index (χ3n) is 11.1. The summed E-state index contributed by atoms with van der Waals surface area (Å²) in [6.07, 6.45) is 5.43. The van der Waals surface area contributed by atoms with Crippen molar-refractivity contribution in [1.82, 2.24) is 26.6 Å². The maximum Gasteiger partial charge on any atom is 0.245 e. The van der Waals surface area contributed by atoms with Crippen LogP contribution >= 0.6 is 27.7 Å². The number of thioether (sulfide) groups is 1. The van der Waals surface area contributed by atoms with Gasteiger partial charge in [0, 0.05) is 63.7 Å². The van der Waals surface area contributed by atoms with E-state index in [4.69, 9.17) is 36.1 Å². The minimum atomic E-state index is -0.771. The van der Waals surface area contributed by atoms with Gasteiger partial charge in [0.05, 0.1) is 69.4 Å². The van der Waals surface area contributed by atoms with Crippen molar-refractivity contribution in [2.75, 3.05) is 109 Å². The maximum absolute atomic E-state index is 14.1. The Morgan fingerprint density at radius 2 is 1.61 bits per heavy atom. The molecule has 396 valence electrons. The van der Waals surface area contributed by atoms with Crippen molar-refractivity contribution in [3.63, 3.8) is 0 Å². The third kappa shape index (κ3) is 31.9. The average Bonchev–Trinajstić information content (AvgIpc) is 3.33. The number of benzene rings is 1. The van der Waals surface area contributed by atoms with Gasteiger partial charge in [0.2, 0.25) is 23.6 Å². The number of halogens is 1. The van der Waals surface area contributed by atoms with E-state index >= 15 is 0 Å². The number of guanidine groups is 1. The molecule has 1 heterocycles. The Balaban J connectivity index is 2.06. The molecule has 1 aliphatic rings. The van der Waals surface area contributed by atoms with Crippen LogP contribution in [0, 0.1) is 11.8 Å². The van der Waals surface area contributed by atoms with Gasteiger partial charge in [-0.15, -0.1) is 11.8 Å². The molecule has 0 bridgehead atoms. The van der Waals surface area contributed by atoms with Gasteiger partial charge in [-0.2, -0.15) is 0 Å². The number of rotatable bonds is 30. The number of primary amides is 1. The van der Waals surface area contributed by atoms with E-state index < -0.39 is 23.9 Å². The Morgan fingerprint density at radius 3 is 2.36 bits per heavy atom. The van der Waals surface area contributed by atoms with E-state index in [1.165, 1.54) is 23.9 Å². The highest BCUT2D eigenvalue weighted by atomic mass is 79.9. The second kappa shape index (κ2) is 39.4. The lowest BCUT2D eigenvalue weighted by Crippen LogP contribution is -2.45. The van der Waals surface area contributed by atoms with Gasteiger partial charge < -0.3 is 62.5 Å². The number of hydrogen-bond donors (Lipinski definition) is 9. The highest BCUT2D eigenvalue weighted by Crippen LogP contribution is 2.18. The lowest BCUT2D eigenvalue weighted by atomic mass is 9.92. The molecular weight excluding hydrogens is 995 g/mol. The topological polar surface area (TPSA) is 327 Å². The van der Waals surface area contributed by atoms with Gasteiger partial charge in [-0.3, -0.25) is 43.9 Å². The van der Waals surface area contributed by atoms with Crippen molar-refractivity contribution in [3.05, 3.63) is 29.8 Å². The van der Waals surface area contributed by atoms with Crippen molar-refractivity contribution in [2.24, 2.45) is 34.0 Å². The second-order valence-electron chi connectivity index (χ2n) is 16.9. The number of hydrogen-bond acceptors (Lipinski definition) is 16. The van der Waals surface area contributed by atoms with E-state index in [1.54, 1.807) is 12.1 Å². The van der Waals surface area contributed by atoms with Crippen LogP contribution in [0.15, 0.2) is 29.3 Å². The van der Waals surface area contributed by atoms with Crippen LogP contribution in [0.2, 0.25) is 0 Å². The Hall–Kier alpha value is -4.23. The van der Waals surface area contributed by atoms with E-state index in [-0.39, 0.29) is 130 Å². The number of nitrogens with two attached hydrogens (primary N) is 3. The number of ether oxygens (including phenoxy) is 4. The molecule has 0 spiro atoms. The van der Waals surface area contributed by atoms with Crippen molar-refractivity contribution < 1.29 is 57.6 Å². The van der Waals surface area contributed by atoms with Crippen molar-refractivity contribution in [1.29, 1.82) is 0 Å². The molecule has 21 nitrogen and oxygen atoms in total. The number of ketones is 3. The lowest BCUT2D eigenvalue weighted by molar-refractivity contribution is -0.127. The van der Waals surface area contributed by atoms with E-state index in [0.717, 1.165) is 5.56 Å². The molecule has 23 heteroatoms. The first kappa shape index (κ1) is 61.9. The van der Waals surface area contributed by atoms with Gasteiger partial charge in [-0.05, 0) is 81.5 Å². The fraction of sp³-hybridized carbons (Fsp3) is 0.702. The Bertz CT molecular complexity index is 1730. The van der Waals surface area contributed by atoms with E-state index in [0.29, 0.717) is 109 Å². The third-order valence-corrected chi connectivity index (χ3v) is 12.8. The highest BCUT2D eigenvalue weighted by molar-refractivity contribution is 9.09. The molecular formula is C47H78BrN9O12S. The van der Waals surface area contributed by atoms with Crippen molar-refractivity contribution in [2.45, 2.75) is 89.1 Å². The summed E-state index contributed by atoms with van der Waals surface area (Å²) in [7, 11) is 0. The SMILES string of the molecule is NC(=O)[C@H](Cc1ccc(O)cc1)NC[C@H](CCCN=C(N)N)CCC(=O)[C@@H]1CSCC(=O)NCCOCCOCC(=O)NCC[C@@H](CCCCNC(=O)CCOCCOCCCC(=O)CBr)C(=O)CN1. The molecule has 0 unspecified atom stereocenters. The molecule has 0 aromatic heterocycles. The number of amides is 4. The number of alkyl halides is 1. The van der Waals surface area contributed by atoms with Gasteiger partial charge in [0.15, 0.2) is 11.7 Å². The Kier molecular flexibility index (Phi) is 34.8. The number of aliphatic imine (C=N–C) groups is 1. The van der Waals surface area contributed by atoms with Crippen LogP contribution in [0.3, 0.4) is 0 Å². The van der Waals surface area contributed by atoms with Crippen LogP contribution in [0.5, 0.6) is 5.75 Å². The first-order valence-electron chi connectivity index (χ1n) is 24.2. The molecule has 1 aliphatic heterocycles. The zero-order chi connectivity index (χ0) is 51.2. The molecule has 4 atom stereocenters. The molecule has 0 saturated carbocycles. The first-order valence-corrected chi connectivity index (χ1v) is 26.5. The van der Waals surface area contributed by atoms with Gasteiger partial charge in [-0.25, -0.2) is 0 Å². The Morgan fingerprint density at radius 1 is 0.871 bits per heavy atom. The largest absolute Gasteiger partial charge is 0.508 e. The predicted octanol–water partition coefficient (Wildman–Crippen LogP) is 0.397. The number of aromatic hydroxyl groups is 1. The van der Waals surface area contributed by atoms with Gasteiger partial charge in [0.25, 0.3) is 0 Å². The maximum atomic E-state index is 14.1. The molecule has 4 amide bonds. The first-order chi connectivity index (χ1) is 33.8. The van der Waals surface area contributed by atoms with Crippen LogP contribution in [0.25, 0.3) is 0 Å². The second-order valence-corrected chi connectivity index (χ2v) is 18.5. The quantitative estimate of drug-likeness (QED) is 0.0218. The van der Waals surface area contributed by atoms with Crippen LogP contribution < -0.4 is 43.8 Å². The van der Waals surface area contributed by atoms with Gasteiger partial charge in [0.1, 0.15) is 23.9 Å². The van der Waals surface area contributed by atoms with Gasteiger partial charge in [-0.1, -0.05) is 34.5 Å². The number of phenols is 1. The fourth-order valence-electron chi connectivity index (χ4n) is 7.17. The molecule has 70 heavy (non-hydrogen) atoms. The van der Waals surface area contributed by atoms with E-state index in [2.05, 4.69) is 47.5 Å². The molecule has 1 aromatic rings. The van der Waals surface area contributed by atoms with Crippen LogP contribution in [-0.2, 0) is 58.9 Å². The summed E-state index contributed by atoms with van der Waals surface area (Å²) in [5.74, 6) is -1.64. The average molecular weight is 1070 g/mol. The van der Waals surface area contributed by atoms with Crippen molar-refractivity contribution in [3.8, 4) is 5.75 Å². The number of nitrogens with one attached hydrogen (secondary N) is 5. The standard InChI is InChI=1S/C47H78BrN9O12S/c48-28-38(59)7-4-20-66-23-24-67-21-15-43(62)52-16-2-1-6-36-14-18-53-44(63)31-69-26-25-68-22-19-54-45(64)33-70-32-40(57-30-42(36)61)41(60)13-10-35(5-3-17-55-47(50)51)29-56-39(46(49)65)27-34-8-11-37(58)12-9-34/h8-9,11-12,35-36,39-40,56-58H,1-7,10,13-33H2,(H2,49,65)(H,52,62)(H,53,63)(H,54,64)(H4,50,51,55)/t35-,36-,39+,40+/m1/s1. The van der Waals surface area contributed by atoms with Crippen LogP contribution in [0.1, 0.15) is 76.2 Å². The summed E-state index contributed by atoms with van der Waals surface area (Å²) >= 11 is 4.40. The molecule has 12 N–H and O–H groups in total. The number of Topliss-reactive ketones (excluding diaryl/α,β-unsaturated/α-hetero) is 3. The number of nitrogens with zero attached hydrogens (tertiary/aromatic N) is 1. The predicted molar refractivity (Wildman–Crippen MR) is 271 cm³/mol. The van der Waals surface area contributed by atoms with Crippen LogP contribution in [0.4, 0.5) is 0 Å². The molecule has 0 radical (unpaired) electrons. The minimum absolute atomic E-state index is 0.0315. The Labute approximate surface area is 424 Å². The summed E-state index contributed by atoms with van der Waals surface area (Å²) in [6.45, 7) is 3.40.